The Bertz CT molecular complexity index is 553. The van der Waals surface area contributed by atoms with E-state index in [9.17, 15) is 5.11 Å². The van der Waals surface area contributed by atoms with Crippen molar-refractivity contribution in [2.45, 2.75) is 41.8 Å². The van der Waals surface area contributed by atoms with Crippen molar-refractivity contribution < 1.29 is 9.52 Å². The molecule has 5 heteroatoms. The molecule has 20 heavy (non-hydrogen) atoms. The molecule has 0 radical (unpaired) electrons. The molecule has 1 aromatic carbocycles. The Labute approximate surface area is 127 Å². The third-order valence-corrected chi connectivity index (χ3v) is 6.24. The number of aliphatic hydroxyl groups is 1. The first-order valence-electron chi connectivity index (χ1n) is 6.95. The van der Waals surface area contributed by atoms with Crippen LogP contribution in [0.1, 0.15) is 25.7 Å². The maximum absolute atomic E-state index is 10.9. The van der Waals surface area contributed by atoms with Gasteiger partial charge < -0.3 is 9.52 Å². The van der Waals surface area contributed by atoms with Crippen LogP contribution >= 0.6 is 23.5 Å². The van der Waals surface area contributed by atoms with Crippen molar-refractivity contribution in [3.05, 3.63) is 24.3 Å². The minimum absolute atomic E-state index is 0.327. The predicted octanol–water partition coefficient (Wildman–Crippen LogP) is 3.96. The van der Waals surface area contributed by atoms with Crippen molar-refractivity contribution in [2.24, 2.45) is 0 Å². The fourth-order valence-electron chi connectivity index (χ4n) is 2.79. The van der Waals surface area contributed by atoms with Gasteiger partial charge in [-0.1, -0.05) is 36.7 Å². The highest BCUT2D eigenvalue weighted by Gasteiger charge is 2.38. The molecule has 3 rings (SSSR count). The minimum Gasteiger partial charge on any atom is -0.431 e. The van der Waals surface area contributed by atoms with Crippen LogP contribution in [0.5, 0.6) is 0 Å². The van der Waals surface area contributed by atoms with E-state index in [1.165, 1.54) is 18.2 Å². The van der Waals surface area contributed by atoms with Crippen LogP contribution < -0.4 is 0 Å². The van der Waals surface area contributed by atoms with E-state index >= 15 is 0 Å². The number of thioether (sulfide) groups is 2. The summed E-state index contributed by atoms with van der Waals surface area (Å²) in [5.41, 5.74) is 1.10. The lowest BCUT2D eigenvalue weighted by atomic mass is 9.86. The van der Waals surface area contributed by atoms with Gasteiger partial charge in [0.1, 0.15) is 5.52 Å². The van der Waals surface area contributed by atoms with Crippen molar-refractivity contribution in [3.63, 3.8) is 0 Å². The first-order chi connectivity index (χ1) is 9.71. The molecule has 108 valence electrons. The van der Waals surface area contributed by atoms with Crippen LogP contribution in [0.3, 0.4) is 0 Å². The number of benzene rings is 1. The first kappa shape index (κ1) is 14.3. The van der Waals surface area contributed by atoms with E-state index in [4.69, 9.17) is 4.42 Å². The summed E-state index contributed by atoms with van der Waals surface area (Å²) in [5, 5.41) is 11.8. The topological polar surface area (TPSA) is 46.3 Å². The van der Waals surface area contributed by atoms with E-state index in [1.54, 1.807) is 11.8 Å². The molecule has 1 N–H and O–H groups in total. The van der Waals surface area contributed by atoms with E-state index in [-0.39, 0.29) is 0 Å². The van der Waals surface area contributed by atoms with Crippen molar-refractivity contribution in [1.29, 1.82) is 0 Å². The van der Waals surface area contributed by atoms with Crippen LogP contribution in [0.15, 0.2) is 33.9 Å². The summed E-state index contributed by atoms with van der Waals surface area (Å²) in [7, 11) is 0. The first-order valence-corrected chi connectivity index (χ1v) is 9.22. The molecule has 1 aliphatic carbocycles. The number of hydrogen-bond acceptors (Lipinski definition) is 5. The van der Waals surface area contributed by atoms with Gasteiger partial charge in [0, 0.05) is 11.0 Å². The number of hydrogen-bond donors (Lipinski definition) is 1. The molecule has 1 heterocycles. The SMILES string of the molecule is CS[C@H]1CCCC[C@]1(O)CSc1nc2ccccc2o1. The highest BCUT2D eigenvalue weighted by Crippen LogP contribution is 2.39. The largest absolute Gasteiger partial charge is 0.431 e. The predicted molar refractivity (Wildman–Crippen MR) is 85.5 cm³/mol. The van der Waals surface area contributed by atoms with Gasteiger partial charge in [-0.3, -0.25) is 0 Å². The molecular weight excluding hydrogens is 290 g/mol. The summed E-state index contributed by atoms with van der Waals surface area (Å²) >= 11 is 3.31. The Hall–Kier alpha value is -0.650. The Morgan fingerprint density at radius 2 is 2.25 bits per heavy atom. The molecule has 0 amide bonds. The summed E-state index contributed by atoms with van der Waals surface area (Å²) in [6.45, 7) is 0. The maximum Gasteiger partial charge on any atom is 0.256 e. The summed E-state index contributed by atoms with van der Waals surface area (Å²) in [6, 6.07) is 7.77. The maximum atomic E-state index is 10.9. The summed E-state index contributed by atoms with van der Waals surface area (Å²) in [6.07, 6.45) is 6.41. The van der Waals surface area contributed by atoms with Gasteiger partial charge in [-0.25, -0.2) is 4.98 Å². The molecular formula is C15H19NO2S2. The second kappa shape index (κ2) is 6.00. The van der Waals surface area contributed by atoms with Crippen molar-refractivity contribution >= 4 is 34.6 Å². The average Bonchev–Trinajstić information content (AvgIpc) is 2.89. The highest BCUT2D eigenvalue weighted by molar-refractivity contribution is 8.00. The van der Waals surface area contributed by atoms with Gasteiger partial charge in [-0.15, -0.1) is 0 Å². The van der Waals surface area contributed by atoms with E-state index in [1.807, 2.05) is 24.3 Å². The summed E-state index contributed by atoms with van der Waals surface area (Å²) in [4.78, 5) is 4.46. The van der Waals surface area contributed by atoms with Crippen molar-refractivity contribution in [2.75, 3.05) is 12.0 Å². The standard InChI is InChI=1S/C15H19NO2S2/c1-19-13-8-4-5-9-15(13,17)10-20-14-16-11-6-2-3-7-12(11)18-14/h2-3,6-7,13,17H,4-5,8-10H2,1H3/t13-,15-/m0/s1. The second-order valence-corrected chi connectivity index (χ2v) is 7.28. The molecule has 2 aromatic rings. The summed E-state index contributed by atoms with van der Waals surface area (Å²) < 4.78 is 5.71. The van der Waals surface area contributed by atoms with Gasteiger partial charge in [-0.2, -0.15) is 11.8 Å². The zero-order chi connectivity index (χ0) is 14.0. The molecule has 0 bridgehead atoms. The molecule has 0 spiro atoms. The van der Waals surface area contributed by atoms with E-state index in [2.05, 4.69) is 11.2 Å². The minimum atomic E-state index is -0.594. The van der Waals surface area contributed by atoms with Crippen LogP contribution in [0.25, 0.3) is 11.1 Å². The second-order valence-electron chi connectivity index (χ2n) is 5.31. The number of para-hydroxylation sites is 2. The quantitative estimate of drug-likeness (QED) is 0.866. The van der Waals surface area contributed by atoms with E-state index < -0.39 is 5.60 Å². The molecule has 3 nitrogen and oxygen atoms in total. The monoisotopic (exact) mass is 309 g/mol. The van der Waals surface area contributed by atoms with Crippen LogP contribution in [0, 0.1) is 0 Å². The number of rotatable bonds is 4. The fraction of sp³-hybridized carbons (Fsp3) is 0.533. The molecule has 2 atom stereocenters. The zero-order valence-corrected chi connectivity index (χ0v) is 13.2. The summed E-state index contributed by atoms with van der Waals surface area (Å²) in [5.74, 6) is 0.658. The van der Waals surface area contributed by atoms with Gasteiger partial charge in [0.2, 0.25) is 0 Å². The molecule has 0 unspecified atom stereocenters. The Kier molecular flexibility index (Phi) is 4.29. The van der Waals surface area contributed by atoms with Crippen LogP contribution in [0.2, 0.25) is 0 Å². The van der Waals surface area contributed by atoms with Crippen molar-refractivity contribution in [3.8, 4) is 0 Å². The van der Waals surface area contributed by atoms with E-state index in [0.717, 1.165) is 30.4 Å². The lowest BCUT2D eigenvalue weighted by molar-refractivity contribution is 0.0339. The fourth-order valence-corrected chi connectivity index (χ4v) is 4.97. The van der Waals surface area contributed by atoms with E-state index in [0.29, 0.717) is 16.2 Å². The Morgan fingerprint density at radius 3 is 3.05 bits per heavy atom. The van der Waals surface area contributed by atoms with Crippen LogP contribution in [-0.2, 0) is 0 Å². The van der Waals surface area contributed by atoms with Gasteiger partial charge in [0.05, 0.1) is 5.60 Å². The van der Waals surface area contributed by atoms with Gasteiger partial charge in [0.25, 0.3) is 5.22 Å². The Balaban J connectivity index is 1.71. The number of oxazole rings is 1. The highest BCUT2D eigenvalue weighted by atomic mass is 32.2. The molecule has 1 aromatic heterocycles. The molecule has 1 saturated carbocycles. The normalized spacial score (nSPS) is 27.0. The average molecular weight is 309 g/mol. The number of aromatic nitrogens is 1. The molecule has 0 saturated heterocycles. The van der Waals surface area contributed by atoms with Gasteiger partial charge in [0.15, 0.2) is 5.58 Å². The van der Waals surface area contributed by atoms with Crippen molar-refractivity contribution in [1.82, 2.24) is 4.98 Å². The molecule has 1 aliphatic rings. The van der Waals surface area contributed by atoms with Crippen LogP contribution in [0.4, 0.5) is 0 Å². The number of nitrogens with zero attached hydrogens (tertiary/aromatic N) is 1. The lowest BCUT2D eigenvalue weighted by Crippen LogP contribution is -2.45. The smallest absolute Gasteiger partial charge is 0.256 e. The Morgan fingerprint density at radius 1 is 1.40 bits per heavy atom. The zero-order valence-electron chi connectivity index (χ0n) is 11.5. The van der Waals surface area contributed by atoms with Crippen LogP contribution in [-0.4, -0.2) is 33.0 Å². The lowest BCUT2D eigenvalue weighted by Gasteiger charge is -2.38. The molecule has 0 aliphatic heterocycles. The molecule has 1 fully saturated rings. The third kappa shape index (κ3) is 2.85. The van der Waals surface area contributed by atoms with Gasteiger partial charge >= 0.3 is 0 Å². The number of fused-ring (bicyclic) bond motifs is 1. The third-order valence-electron chi connectivity index (χ3n) is 3.93. The van der Waals surface area contributed by atoms with Gasteiger partial charge in [-0.05, 0) is 31.2 Å².